The first-order valence-electron chi connectivity index (χ1n) is 10.0. The van der Waals surface area contributed by atoms with Crippen molar-refractivity contribution < 1.29 is 26.3 Å². The first-order chi connectivity index (χ1) is 14.6. The molecule has 1 fully saturated rings. The molecule has 0 bridgehead atoms. The molecule has 1 saturated heterocycles. The summed E-state index contributed by atoms with van der Waals surface area (Å²) in [6.07, 6.45) is 0.639. The maximum atomic E-state index is 13.5. The van der Waals surface area contributed by atoms with Gasteiger partial charge in [-0.3, -0.25) is 0 Å². The fourth-order valence-corrected chi connectivity index (χ4v) is 8.76. The Bertz CT molecular complexity index is 1140. The number of rotatable bonds is 8. The van der Waals surface area contributed by atoms with Gasteiger partial charge in [-0.25, -0.2) is 16.8 Å². The summed E-state index contributed by atoms with van der Waals surface area (Å²) in [5.74, 6) is 0.398. The highest BCUT2D eigenvalue weighted by Crippen LogP contribution is 2.33. The topological polar surface area (TPSA) is 98.8 Å². The van der Waals surface area contributed by atoms with E-state index in [9.17, 15) is 16.8 Å². The minimum absolute atomic E-state index is 0.0437. The summed E-state index contributed by atoms with van der Waals surface area (Å²) in [4.78, 5) is 0.0437. The molecule has 170 valence electrons. The van der Waals surface area contributed by atoms with Gasteiger partial charge in [-0.1, -0.05) is 12.1 Å². The molecule has 7 nitrogen and oxygen atoms in total. The fraction of sp³-hybridized carbons (Fsp3) is 0.455. The van der Waals surface area contributed by atoms with E-state index in [2.05, 4.69) is 5.32 Å². The van der Waals surface area contributed by atoms with Crippen molar-refractivity contribution in [2.75, 3.05) is 32.3 Å². The quantitative estimate of drug-likeness (QED) is 0.635. The molecule has 31 heavy (non-hydrogen) atoms. The third-order valence-electron chi connectivity index (χ3n) is 5.76. The molecule has 0 aromatic heterocycles. The molecule has 3 rings (SSSR count). The van der Waals surface area contributed by atoms with Crippen molar-refractivity contribution >= 4 is 19.7 Å². The Hall–Kier alpha value is -2.10. The highest BCUT2D eigenvalue weighted by Gasteiger charge is 2.46. The molecule has 1 aliphatic heterocycles. The van der Waals surface area contributed by atoms with Gasteiger partial charge in [-0.2, -0.15) is 0 Å². The molecule has 1 heterocycles. The highest BCUT2D eigenvalue weighted by molar-refractivity contribution is 7.96. The van der Waals surface area contributed by atoms with Gasteiger partial charge >= 0.3 is 0 Å². The average Bonchev–Trinajstić information content (AvgIpc) is 3.05. The zero-order valence-corrected chi connectivity index (χ0v) is 19.8. The van der Waals surface area contributed by atoms with Crippen LogP contribution in [0.3, 0.4) is 0 Å². The molecule has 0 amide bonds. The predicted molar refractivity (Wildman–Crippen MR) is 121 cm³/mol. The van der Waals surface area contributed by atoms with Crippen LogP contribution in [-0.2, 0) is 26.1 Å². The second kappa shape index (κ2) is 9.18. The summed E-state index contributed by atoms with van der Waals surface area (Å²) in [7, 11) is -4.39. The van der Waals surface area contributed by atoms with Crippen LogP contribution in [0.25, 0.3) is 0 Å². The van der Waals surface area contributed by atoms with Crippen molar-refractivity contribution in [2.45, 2.75) is 36.5 Å². The van der Waals surface area contributed by atoms with Crippen LogP contribution >= 0.6 is 0 Å². The number of ether oxygens (including phenoxy) is 2. The van der Waals surface area contributed by atoms with Crippen LogP contribution in [0.5, 0.6) is 11.5 Å². The Balaban J connectivity index is 1.82. The van der Waals surface area contributed by atoms with Gasteiger partial charge < -0.3 is 14.8 Å². The lowest BCUT2D eigenvalue weighted by Crippen LogP contribution is -2.44. The van der Waals surface area contributed by atoms with E-state index in [-0.39, 0.29) is 16.4 Å². The van der Waals surface area contributed by atoms with Crippen LogP contribution in [0.2, 0.25) is 0 Å². The molecule has 1 aliphatic rings. The molecule has 0 unspecified atom stereocenters. The second-order valence-corrected chi connectivity index (χ2v) is 12.2. The van der Waals surface area contributed by atoms with E-state index in [1.165, 1.54) is 7.11 Å². The normalized spacial score (nSPS) is 20.5. The molecular formula is C22H29NO6S2. The second-order valence-electron chi connectivity index (χ2n) is 7.91. The van der Waals surface area contributed by atoms with Crippen molar-refractivity contribution in [1.29, 1.82) is 0 Å². The van der Waals surface area contributed by atoms with Crippen LogP contribution in [0, 0.1) is 13.8 Å². The Morgan fingerprint density at radius 3 is 2.26 bits per heavy atom. The van der Waals surface area contributed by atoms with E-state index < -0.39 is 36.7 Å². The third kappa shape index (κ3) is 5.22. The zero-order valence-electron chi connectivity index (χ0n) is 18.2. The molecule has 0 saturated carbocycles. The highest BCUT2D eigenvalue weighted by atomic mass is 32.2. The summed E-state index contributed by atoms with van der Waals surface area (Å²) < 4.78 is 62.1. The van der Waals surface area contributed by atoms with Gasteiger partial charge in [-0.15, -0.1) is 0 Å². The Labute approximate surface area is 184 Å². The van der Waals surface area contributed by atoms with Gasteiger partial charge in [0.1, 0.15) is 16.4 Å². The number of aryl methyl sites for hydroxylation is 2. The van der Waals surface area contributed by atoms with Crippen LogP contribution in [0.15, 0.2) is 41.3 Å². The average molecular weight is 468 g/mol. The van der Waals surface area contributed by atoms with Crippen LogP contribution in [-0.4, -0.2) is 60.4 Å². The molecule has 0 aliphatic carbocycles. The first-order valence-corrected chi connectivity index (χ1v) is 13.4. The summed E-state index contributed by atoms with van der Waals surface area (Å²) in [6, 6.07) is 10.1. The molecule has 1 N–H and O–H groups in total. The molecule has 0 spiro atoms. The monoisotopic (exact) mass is 467 g/mol. The molecule has 0 radical (unpaired) electrons. The van der Waals surface area contributed by atoms with Crippen LogP contribution < -0.4 is 14.8 Å². The van der Waals surface area contributed by atoms with Crippen molar-refractivity contribution in [3.63, 3.8) is 0 Å². The van der Waals surface area contributed by atoms with Gasteiger partial charge in [-0.05, 0) is 67.8 Å². The number of nitrogens with one attached hydrogen (secondary N) is 1. The number of hydrogen-bond donors (Lipinski definition) is 1. The Morgan fingerprint density at radius 1 is 1.00 bits per heavy atom. The van der Waals surface area contributed by atoms with Crippen LogP contribution in [0.1, 0.15) is 16.7 Å². The number of benzene rings is 2. The van der Waals surface area contributed by atoms with E-state index in [4.69, 9.17) is 9.47 Å². The van der Waals surface area contributed by atoms with E-state index in [0.717, 1.165) is 22.4 Å². The largest absolute Gasteiger partial charge is 0.497 e. The van der Waals surface area contributed by atoms with Crippen molar-refractivity contribution in [3.8, 4) is 11.5 Å². The Morgan fingerprint density at radius 2 is 1.65 bits per heavy atom. The van der Waals surface area contributed by atoms with Crippen molar-refractivity contribution in [1.82, 2.24) is 5.32 Å². The number of methoxy groups -OCH3 is 2. The smallest absolute Gasteiger partial charge is 0.187 e. The van der Waals surface area contributed by atoms with E-state index >= 15 is 0 Å². The predicted octanol–water partition coefficient (Wildman–Crippen LogP) is 2.09. The van der Waals surface area contributed by atoms with Crippen molar-refractivity contribution in [2.24, 2.45) is 0 Å². The van der Waals surface area contributed by atoms with Crippen LogP contribution in [0.4, 0.5) is 0 Å². The maximum absolute atomic E-state index is 13.5. The van der Waals surface area contributed by atoms with Gasteiger partial charge in [0.2, 0.25) is 0 Å². The zero-order chi connectivity index (χ0) is 22.8. The first kappa shape index (κ1) is 23.6. The molecule has 2 aromatic carbocycles. The van der Waals surface area contributed by atoms with Gasteiger partial charge in [0.25, 0.3) is 0 Å². The summed E-state index contributed by atoms with van der Waals surface area (Å²) in [6.45, 7) is 4.16. The Kier molecular flexibility index (Phi) is 6.98. The summed E-state index contributed by atoms with van der Waals surface area (Å²) in [5, 5.41) is 2.11. The van der Waals surface area contributed by atoms with Gasteiger partial charge in [0.05, 0.1) is 31.0 Å². The molecule has 2 aromatic rings. The lowest BCUT2D eigenvalue weighted by Gasteiger charge is -2.22. The lowest BCUT2D eigenvalue weighted by atomic mass is 10.1. The van der Waals surface area contributed by atoms with Crippen molar-refractivity contribution in [3.05, 3.63) is 53.1 Å². The minimum atomic E-state index is -3.93. The number of hydrogen-bond acceptors (Lipinski definition) is 7. The van der Waals surface area contributed by atoms with E-state index in [0.29, 0.717) is 13.0 Å². The minimum Gasteiger partial charge on any atom is -0.497 e. The standard InChI is InChI=1S/C22H29NO6S2/c1-15-11-20(29-4)21(12-16(15)2)31(26,27)22-14-30(24,25)13-19(22)23-10-9-17-5-7-18(28-3)8-6-17/h5-8,11-12,19,22-23H,9-10,13-14H2,1-4H3/t19-,22-/m0/s1. The van der Waals surface area contributed by atoms with Gasteiger partial charge in [0, 0.05) is 6.04 Å². The lowest BCUT2D eigenvalue weighted by molar-refractivity contribution is 0.401. The summed E-state index contributed by atoms with van der Waals surface area (Å²) >= 11 is 0. The molecule has 9 heteroatoms. The molecule has 2 atom stereocenters. The fourth-order valence-electron chi connectivity index (χ4n) is 3.81. The van der Waals surface area contributed by atoms with Gasteiger partial charge in [0.15, 0.2) is 19.7 Å². The van der Waals surface area contributed by atoms with E-state index in [1.54, 1.807) is 19.2 Å². The SMILES string of the molecule is COc1ccc(CCN[C@H]2CS(=O)(=O)C[C@@H]2S(=O)(=O)c2cc(C)c(C)cc2OC)cc1. The van der Waals surface area contributed by atoms with E-state index in [1.807, 2.05) is 38.1 Å². The molecular weight excluding hydrogens is 438 g/mol. The summed E-state index contributed by atoms with van der Waals surface area (Å²) in [5.41, 5.74) is 2.76. The third-order valence-corrected chi connectivity index (χ3v) is 9.93. The maximum Gasteiger partial charge on any atom is 0.187 e. The number of sulfone groups is 2.